The Hall–Kier alpha value is -3.22. The Balaban J connectivity index is 1.53. The molecule has 160 valence electrons. The minimum Gasteiger partial charge on any atom is -0.496 e. The number of benzene rings is 2. The van der Waals surface area contributed by atoms with Crippen LogP contribution in [0.3, 0.4) is 0 Å². The van der Waals surface area contributed by atoms with Gasteiger partial charge in [0.2, 0.25) is 0 Å². The summed E-state index contributed by atoms with van der Waals surface area (Å²) in [6.07, 6.45) is 0.781. The molecule has 3 rings (SSSR count). The predicted octanol–water partition coefficient (Wildman–Crippen LogP) is 3.05. The highest BCUT2D eigenvalue weighted by Gasteiger charge is 2.24. The van der Waals surface area contributed by atoms with Gasteiger partial charge in [0.1, 0.15) is 11.5 Å². The van der Waals surface area contributed by atoms with E-state index in [2.05, 4.69) is 35.5 Å². The lowest BCUT2D eigenvalue weighted by molar-refractivity contribution is -0.121. The van der Waals surface area contributed by atoms with Gasteiger partial charge in [-0.1, -0.05) is 29.8 Å². The number of nitrogens with zero attached hydrogens (tertiary/aromatic N) is 2. The Labute approximate surface area is 178 Å². The van der Waals surface area contributed by atoms with Crippen molar-refractivity contribution in [3.63, 3.8) is 0 Å². The Morgan fingerprint density at radius 1 is 1.30 bits per heavy atom. The zero-order valence-corrected chi connectivity index (χ0v) is 18.1. The number of aryl methyl sites for hydroxylation is 1. The number of carbonyl (C=O) groups excluding carboxylic acids is 1. The smallest absolute Gasteiger partial charge is 0.265 e. The Morgan fingerprint density at radius 3 is 2.87 bits per heavy atom. The molecular weight excluding hydrogens is 380 g/mol. The largest absolute Gasteiger partial charge is 0.496 e. The number of para-hydroxylation sites is 2. The first-order chi connectivity index (χ1) is 14.5. The van der Waals surface area contributed by atoms with E-state index in [4.69, 9.17) is 9.47 Å². The van der Waals surface area contributed by atoms with Gasteiger partial charge in [0.15, 0.2) is 12.6 Å². The zero-order valence-electron chi connectivity index (χ0n) is 18.1. The predicted molar refractivity (Wildman–Crippen MR) is 120 cm³/mol. The molecule has 2 aromatic carbocycles. The van der Waals surface area contributed by atoms with Gasteiger partial charge < -0.3 is 25.0 Å². The molecule has 0 aliphatic carbocycles. The second-order valence-electron chi connectivity index (χ2n) is 7.27. The Bertz CT molecular complexity index is 913. The second kappa shape index (κ2) is 10.0. The summed E-state index contributed by atoms with van der Waals surface area (Å²) in [5, 5.41) is 6.74. The van der Waals surface area contributed by atoms with E-state index >= 15 is 0 Å². The zero-order chi connectivity index (χ0) is 21.5. The van der Waals surface area contributed by atoms with Crippen molar-refractivity contribution in [1.82, 2.24) is 10.6 Å². The maximum atomic E-state index is 12.3. The molecular formula is C23H30N4O3. The molecule has 1 aliphatic rings. The normalized spacial score (nSPS) is 14.6. The fraction of sp³-hybridized carbons (Fsp3) is 0.391. The Morgan fingerprint density at radius 2 is 2.10 bits per heavy atom. The van der Waals surface area contributed by atoms with Crippen LogP contribution in [0.5, 0.6) is 11.5 Å². The molecule has 0 saturated heterocycles. The fourth-order valence-electron chi connectivity index (χ4n) is 3.51. The van der Waals surface area contributed by atoms with E-state index in [1.807, 2.05) is 36.4 Å². The number of fused-ring (bicyclic) bond motifs is 1. The molecule has 0 aromatic heterocycles. The third kappa shape index (κ3) is 5.03. The highest BCUT2D eigenvalue weighted by atomic mass is 16.5. The molecule has 0 saturated carbocycles. The van der Waals surface area contributed by atoms with Crippen LogP contribution in [-0.2, 0) is 4.79 Å². The number of carbonyl (C=O) groups is 1. The molecule has 0 bridgehead atoms. The van der Waals surface area contributed by atoms with Gasteiger partial charge in [0, 0.05) is 25.7 Å². The molecule has 1 unspecified atom stereocenters. The van der Waals surface area contributed by atoms with Gasteiger partial charge in [0.05, 0.1) is 18.8 Å². The maximum absolute atomic E-state index is 12.3. The summed E-state index contributed by atoms with van der Waals surface area (Å²) < 4.78 is 11.0. The van der Waals surface area contributed by atoms with Crippen molar-refractivity contribution in [3.05, 3.63) is 53.6 Å². The number of hydrogen-bond acceptors (Lipinski definition) is 4. The van der Waals surface area contributed by atoms with Crippen LogP contribution >= 0.6 is 0 Å². The minimum absolute atomic E-state index is 0.0172. The first-order valence-corrected chi connectivity index (χ1v) is 10.2. The van der Waals surface area contributed by atoms with Crippen molar-refractivity contribution >= 4 is 17.6 Å². The maximum Gasteiger partial charge on any atom is 0.265 e. The highest BCUT2D eigenvalue weighted by Crippen LogP contribution is 2.31. The molecule has 7 heteroatoms. The van der Waals surface area contributed by atoms with Crippen LogP contribution in [0.2, 0.25) is 0 Å². The van der Waals surface area contributed by atoms with Crippen LogP contribution < -0.4 is 25.0 Å². The van der Waals surface area contributed by atoms with Crippen LogP contribution in [0.1, 0.15) is 30.5 Å². The number of methoxy groups -OCH3 is 1. The average Bonchev–Trinajstić information content (AvgIpc) is 2.76. The Kier molecular flexibility index (Phi) is 7.17. The molecule has 1 atom stereocenters. The molecule has 1 amide bonds. The van der Waals surface area contributed by atoms with Gasteiger partial charge in [-0.15, -0.1) is 0 Å². The summed E-state index contributed by atoms with van der Waals surface area (Å²) in [4.78, 5) is 18.4. The number of amides is 1. The van der Waals surface area contributed by atoms with Crippen molar-refractivity contribution in [3.8, 4) is 11.5 Å². The highest BCUT2D eigenvalue weighted by molar-refractivity contribution is 5.97. The van der Waals surface area contributed by atoms with E-state index in [0.29, 0.717) is 19.0 Å². The van der Waals surface area contributed by atoms with Gasteiger partial charge in [-0.2, -0.15) is 0 Å². The molecule has 30 heavy (non-hydrogen) atoms. The molecule has 1 aliphatic heterocycles. The monoisotopic (exact) mass is 410 g/mol. The lowest BCUT2D eigenvalue weighted by atomic mass is 10.0. The summed E-state index contributed by atoms with van der Waals surface area (Å²) in [5.41, 5.74) is 3.09. The van der Waals surface area contributed by atoms with E-state index in [1.165, 1.54) is 5.56 Å². The molecule has 0 spiro atoms. The number of aliphatic imine (C=N–C) groups is 1. The summed E-state index contributed by atoms with van der Waals surface area (Å²) in [7, 11) is 3.43. The van der Waals surface area contributed by atoms with E-state index in [1.54, 1.807) is 19.1 Å². The van der Waals surface area contributed by atoms with Crippen molar-refractivity contribution < 1.29 is 14.3 Å². The van der Waals surface area contributed by atoms with Gasteiger partial charge in [-0.25, -0.2) is 0 Å². The third-order valence-corrected chi connectivity index (χ3v) is 5.09. The van der Waals surface area contributed by atoms with Crippen LogP contribution in [0.15, 0.2) is 47.5 Å². The number of rotatable bonds is 7. The van der Waals surface area contributed by atoms with Crippen molar-refractivity contribution in [2.75, 3.05) is 38.8 Å². The summed E-state index contributed by atoms with van der Waals surface area (Å²) in [6, 6.07) is 13.8. The van der Waals surface area contributed by atoms with Crippen LogP contribution in [0, 0.1) is 6.92 Å². The van der Waals surface area contributed by atoms with Gasteiger partial charge in [0.25, 0.3) is 5.91 Å². The number of anilines is 1. The van der Waals surface area contributed by atoms with E-state index in [0.717, 1.165) is 29.2 Å². The molecule has 1 heterocycles. The molecule has 2 N–H and O–H groups in total. The summed E-state index contributed by atoms with van der Waals surface area (Å²) >= 11 is 0. The second-order valence-corrected chi connectivity index (χ2v) is 7.27. The third-order valence-electron chi connectivity index (χ3n) is 5.09. The standard InChI is InChI=1S/C23H30N4O3/c1-16-10-11-20(29-4)18(14-16)17(2)26-23(24-3)25-12-7-13-27-19-8-5-6-9-21(19)30-15-22(27)28/h5-6,8-11,14,17H,7,12-13,15H2,1-4H3,(H2,24,25,26). The quantitative estimate of drug-likeness (QED) is 0.417. The van der Waals surface area contributed by atoms with Crippen LogP contribution in [0.25, 0.3) is 0 Å². The number of hydrogen-bond donors (Lipinski definition) is 2. The SMILES string of the molecule is CN=C(NCCCN1C(=O)COc2ccccc21)NC(C)c1cc(C)ccc1OC. The van der Waals surface area contributed by atoms with Crippen LogP contribution in [0.4, 0.5) is 5.69 Å². The van der Waals surface area contributed by atoms with Crippen LogP contribution in [-0.4, -0.2) is 45.7 Å². The molecule has 0 fully saturated rings. The van der Waals surface area contributed by atoms with Gasteiger partial charge in [-0.05, 0) is 38.5 Å². The number of nitrogens with one attached hydrogen (secondary N) is 2. The summed E-state index contributed by atoms with van der Waals surface area (Å²) in [5.74, 6) is 2.29. The average molecular weight is 411 g/mol. The van der Waals surface area contributed by atoms with E-state index in [-0.39, 0.29) is 18.6 Å². The van der Waals surface area contributed by atoms with Gasteiger partial charge >= 0.3 is 0 Å². The fourth-order valence-corrected chi connectivity index (χ4v) is 3.51. The first-order valence-electron chi connectivity index (χ1n) is 10.2. The molecule has 7 nitrogen and oxygen atoms in total. The first kappa shape index (κ1) is 21.5. The molecule has 0 radical (unpaired) electrons. The molecule has 2 aromatic rings. The lowest BCUT2D eigenvalue weighted by Gasteiger charge is -2.29. The van der Waals surface area contributed by atoms with Crippen molar-refractivity contribution in [2.45, 2.75) is 26.3 Å². The van der Waals surface area contributed by atoms with Crippen molar-refractivity contribution in [1.29, 1.82) is 0 Å². The number of ether oxygens (including phenoxy) is 2. The number of guanidine groups is 1. The lowest BCUT2D eigenvalue weighted by Crippen LogP contribution is -2.42. The van der Waals surface area contributed by atoms with E-state index in [9.17, 15) is 4.79 Å². The summed E-state index contributed by atoms with van der Waals surface area (Å²) in [6.45, 7) is 5.53. The van der Waals surface area contributed by atoms with Crippen molar-refractivity contribution in [2.24, 2.45) is 4.99 Å². The topological polar surface area (TPSA) is 75.2 Å². The van der Waals surface area contributed by atoms with Gasteiger partial charge in [-0.3, -0.25) is 9.79 Å². The minimum atomic E-state index is -0.0172. The van der Waals surface area contributed by atoms with E-state index < -0.39 is 0 Å².